The van der Waals surface area contributed by atoms with Crippen molar-refractivity contribution >= 4 is 11.0 Å². The highest BCUT2D eigenvalue weighted by Crippen LogP contribution is 2.40. The smallest absolute Gasteiger partial charge is 0.245 e. The molecule has 3 heteroatoms. The molecule has 4 aromatic rings. The number of benzene rings is 3. The Hall–Kier alpha value is -3.07. The Labute approximate surface area is 164 Å². The van der Waals surface area contributed by atoms with E-state index >= 15 is 0 Å². The molecule has 1 aromatic heterocycles. The van der Waals surface area contributed by atoms with Crippen LogP contribution in [0.3, 0.4) is 0 Å². The minimum atomic E-state index is 0.381. The summed E-state index contributed by atoms with van der Waals surface area (Å²) >= 11 is 0. The molecule has 0 saturated heterocycles. The standard InChI is InChI=1S/C25H23N2O/c1-2-6-18(7-3-1)16-26-17-27(24-9-5-4-8-23(24)26)22-11-10-19-14-20-12-13-28-25(20)15-21(19)22/h1-9,14-15,17,22H,10-13,16H2/q+1. The molecule has 0 bridgehead atoms. The van der Waals surface area contributed by atoms with Gasteiger partial charge in [-0.15, -0.1) is 0 Å². The molecule has 1 aliphatic heterocycles. The summed E-state index contributed by atoms with van der Waals surface area (Å²) in [5, 5.41) is 0. The fourth-order valence-electron chi connectivity index (χ4n) is 4.91. The molecule has 1 unspecified atom stereocenters. The molecule has 28 heavy (non-hydrogen) atoms. The molecule has 1 atom stereocenters. The molecule has 138 valence electrons. The van der Waals surface area contributed by atoms with Crippen LogP contribution in [-0.4, -0.2) is 11.2 Å². The summed E-state index contributed by atoms with van der Waals surface area (Å²) in [5.41, 5.74) is 8.24. The van der Waals surface area contributed by atoms with E-state index in [-0.39, 0.29) is 0 Å². The second kappa shape index (κ2) is 6.23. The zero-order chi connectivity index (χ0) is 18.5. The van der Waals surface area contributed by atoms with Crippen LogP contribution >= 0.6 is 0 Å². The van der Waals surface area contributed by atoms with Gasteiger partial charge < -0.3 is 4.74 Å². The summed E-state index contributed by atoms with van der Waals surface area (Å²) in [5.74, 6) is 1.10. The van der Waals surface area contributed by atoms with Crippen LogP contribution in [0.25, 0.3) is 11.0 Å². The minimum Gasteiger partial charge on any atom is -0.493 e. The number of aryl methyl sites for hydroxylation is 1. The van der Waals surface area contributed by atoms with E-state index in [1.807, 2.05) is 0 Å². The molecule has 3 aromatic carbocycles. The summed E-state index contributed by atoms with van der Waals surface area (Å²) in [7, 11) is 0. The van der Waals surface area contributed by atoms with E-state index < -0.39 is 0 Å². The predicted octanol–water partition coefficient (Wildman–Crippen LogP) is 4.45. The Balaban J connectivity index is 1.46. The molecule has 0 amide bonds. The van der Waals surface area contributed by atoms with Crippen molar-refractivity contribution in [2.75, 3.05) is 6.61 Å². The predicted molar refractivity (Wildman–Crippen MR) is 110 cm³/mol. The lowest BCUT2D eigenvalue weighted by molar-refractivity contribution is -0.663. The summed E-state index contributed by atoms with van der Waals surface area (Å²) in [4.78, 5) is 0. The summed E-state index contributed by atoms with van der Waals surface area (Å²) in [6.07, 6.45) is 5.67. The van der Waals surface area contributed by atoms with Gasteiger partial charge in [0.15, 0.2) is 11.0 Å². The third kappa shape index (κ3) is 2.46. The van der Waals surface area contributed by atoms with Crippen molar-refractivity contribution < 1.29 is 9.30 Å². The van der Waals surface area contributed by atoms with Crippen LogP contribution in [0.5, 0.6) is 5.75 Å². The summed E-state index contributed by atoms with van der Waals surface area (Å²) in [6, 6.07) is 24.5. The van der Waals surface area contributed by atoms with Gasteiger partial charge in [0, 0.05) is 12.0 Å². The zero-order valence-electron chi connectivity index (χ0n) is 15.8. The van der Waals surface area contributed by atoms with Gasteiger partial charge in [0.25, 0.3) is 0 Å². The Morgan fingerprint density at radius 2 is 1.79 bits per heavy atom. The van der Waals surface area contributed by atoms with E-state index in [4.69, 9.17) is 4.74 Å². The largest absolute Gasteiger partial charge is 0.493 e. The Bertz CT molecular complexity index is 1180. The lowest BCUT2D eigenvalue weighted by Crippen LogP contribution is -2.33. The average Bonchev–Trinajstić information content (AvgIpc) is 3.44. The van der Waals surface area contributed by atoms with Crippen LogP contribution in [0.1, 0.15) is 34.7 Å². The number of fused-ring (bicyclic) bond motifs is 3. The van der Waals surface area contributed by atoms with Crippen molar-refractivity contribution in [1.29, 1.82) is 0 Å². The Morgan fingerprint density at radius 3 is 2.71 bits per heavy atom. The highest BCUT2D eigenvalue weighted by atomic mass is 16.5. The van der Waals surface area contributed by atoms with Crippen molar-refractivity contribution in [3.8, 4) is 5.75 Å². The van der Waals surface area contributed by atoms with Gasteiger partial charge in [0.2, 0.25) is 6.33 Å². The molecule has 2 heterocycles. The van der Waals surface area contributed by atoms with E-state index in [2.05, 4.69) is 82.2 Å². The fourth-order valence-corrected chi connectivity index (χ4v) is 4.91. The van der Waals surface area contributed by atoms with Crippen LogP contribution < -0.4 is 9.30 Å². The summed E-state index contributed by atoms with van der Waals surface area (Å²) in [6.45, 7) is 1.72. The number of nitrogens with zero attached hydrogens (tertiary/aromatic N) is 2. The van der Waals surface area contributed by atoms with Gasteiger partial charge in [-0.3, -0.25) is 0 Å². The monoisotopic (exact) mass is 367 g/mol. The maximum absolute atomic E-state index is 5.87. The second-order valence-corrected chi connectivity index (χ2v) is 7.94. The first-order chi connectivity index (χ1) is 13.9. The molecule has 0 spiro atoms. The van der Waals surface area contributed by atoms with Crippen molar-refractivity contribution in [2.24, 2.45) is 0 Å². The first kappa shape index (κ1) is 15.9. The number of aromatic nitrogens is 2. The normalized spacial score (nSPS) is 17.5. The quantitative estimate of drug-likeness (QED) is 0.489. The van der Waals surface area contributed by atoms with E-state index in [1.165, 1.54) is 33.3 Å². The van der Waals surface area contributed by atoms with Crippen LogP contribution in [-0.2, 0) is 19.4 Å². The molecular formula is C25H23N2O+. The highest BCUT2D eigenvalue weighted by molar-refractivity contribution is 5.72. The fraction of sp³-hybridized carbons (Fsp3) is 0.240. The molecule has 0 N–H and O–H groups in total. The Kier molecular flexibility index (Phi) is 3.55. The third-order valence-electron chi connectivity index (χ3n) is 6.26. The highest BCUT2D eigenvalue weighted by Gasteiger charge is 2.32. The molecular weight excluding hydrogens is 344 g/mol. The zero-order valence-corrected chi connectivity index (χ0v) is 15.8. The van der Waals surface area contributed by atoms with Crippen molar-refractivity contribution in [1.82, 2.24) is 4.57 Å². The van der Waals surface area contributed by atoms with E-state index in [0.29, 0.717) is 6.04 Å². The van der Waals surface area contributed by atoms with E-state index in [0.717, 1.165) is 38.2 Å². The van der Waals surface area contributed by atoms with Crippen LogP contribution in [0.15, 0.2) is 73.1 Å². The topological polar surface area (TPSA) is 18.0 Å². The lowest BCUT2D eigenvalue weighted by atomic mass is 10.0. The summed E-state index contributed by atoms with van der Waals surface area (Å²) < 4.78 is 10.7. The number of para-hydroxylation sites is 2. The van der Waals surface area contributed by atoms with Gasteiger partial charge >= 0.3 is 0 Å². The number of rotatable bonds is 3. The van der Waals surface area contributed by atoms with Gasteiger partial charge in [-0.05, 0) is 47.7 Å². The molecule has 0 fully saturated rings. The first-order valence-corrected chi connectivity index (χ1v) is 10.2. The maximum Gasteiger partial charge on any atom is 0.245 e. The number of imidazole rings is 1. The average molecular weight is 367 g/mol. The van der Waals surface area contributed by atoms with Crippen LogP contribution in [0.2, 0.25) is 0 Å². The minimum absolute atomic E-state index is 0.381. The lowest BCUT2D eigenvalue weighted by Gasteiger charge is -2.10. The first-order valence-electron chi connectivity index (χ1n) is 10.2. The second-order valence-electron chi connectivity index (χ2n) is 7.94. The van der Waals surface area contributed by atoms with Crippen LogP contribution in [0, 0.1) is 0 Å². The SMILES string of the molecule is c1ccc(C[n+]2cn(C3CCc4cc5c(cc43)OCC5)c3ccccc32)cc1. The number of hydrogen-bond acceptors (Lipinski definition) is 1. The van der Waals surface area contributed by atoms with Gasteiger partial charge in [-0.2, -0.15) is 0 Å². The van der Waals surface area contributed by atoms with Gasteiger partial charge in [0.1, 0.15) is 18.3 Å². The number of hydrogen-bond donors (Lipinski definition) is 0. The van der Waals surface area contributed by atoms with Crippen molar-refractivity contribution in [3.05, 3.63) is 95.3 Å². The molecule has 0 saturated carbocycles. The Morgan fingerprint density at radius 1 is 0.929 bits per heavy atom. The molecule has 6 rings (SSSR count). The van der Waals surface area contributed by atoms with Crippen LogP contribution in [0.4, 0.5) is 0 Å². The van der Waals surface area contributed by atoms with E-state index in [9.17, 15) is 0 Å². The molecule has 0 radical (unpaired) electrons. The van der Waals surface area contributed by atoms with Crippen molar-refractivity contribution in [2.45, 2.75) is 31.8 Å². The molecule has 2 aliphatic rings. The molecule has 3 nitrogen and oxygen atoms in total. The maximum atomic E-state index is 5.87. The number of ether oxygens (including phenoxy) is 1. The van der Waals surface area contributed by atoms with Gasteiger partial charge in [-0.1, -0.05) is 48.5 Å². The van der Waals surface area contributed by atoms with E-state index in [1.54, 1.807) is 0 Å². The van der Waals surface area contributed by atoms with Gasteiger partial charge in [-0.25, -0.2) is 9.13 Å². The molecule has 1 aliphatic carbocycles. The van der Waals surface area contributed by atoms with Gasteiger partial charge in [0.05, 0.1) is 6.61 Å². The third-order valence-corrected chi connectivity index (χ3v) is 6.26. The van der Waals surface area contributed by atoms with Crippen molar-refractivity contribution in [3.63, 3.8) is 0 Å².